The molecule has 0 amide bonds. The smallest absolute Gasteiger partial charge is 0.161 e. The Labute approximate surface area is 215 Å². The van der Waals surface area contributed by atoms with E-state index in [0.29, 0.717) is 12.4 Å². The average molecular weight is 490 g/mol. The summed E-state index contributed by atoms with van der Waals surface area (Å²) in [5, 5.41) is 11.0. The lowest BCUT2D eigenvalue weighted by Gasteiger charge is -2.31. The lowest BCUT2D eigenvalue weighted by Crippen LogP contribution is -2.25. The van der Waals surface area contributed by atoms with Crippen LogP contribution >= 0.6 is 0 Å². The van der Waals surface area contributed by atoms with E-state index < -0.39 is 6.10 Å². The third kappa shape index (κ3) is 6.80. The monoisotopic (exact) mass is 489 g/mol. The standard InChI is InChI=1S/C31H39NO4/c1-32(18-16-23-11-7-13-27(19-23)36-22-24-9-5-4-6-10-24)17-8-12-25-14-15-26-20-29(34-2)30(35-3)21-28(26)31(25)33/h4-7,9-11,13,19-21,25,31,33H,8,12,14-18,22H2,1-3H3. The Kier molecular flexibility index (Phi) is 9.26. The predicted molar refractivity (Wildman–Crippen MR) is 144 cm³/mol. The van der Waals surface area contributed by atoms with Gasteiger partial charge in [-0.15, -0.1) is 0 Å². The van der Waals surface area contributed by atoms with Crippen LogP contribution in [0.15, 0.2) is 66.7 Å². The molecule has 0 saturated heterocycles. The third-order valence-electron chi connectivity index (χ3n) is 7.24. The highest BCUT2D eigenvalue weighted by Gasteiger charge is 2.29. The van der Waals surface area contributed by atoms with Crippen molar-refractivity contribution >= 4 is 0 Å². The largest absolute Gasteiger partial charge is 0.493 e. The number of aryl methyl sites for hydroxylation is 1. The Balaban J connectivity index is 1.21. The molecule has 2 unspecified atom stereocenters. The van der Waals surface area contributed by atoms with Gasteiger partial charge in [-0.3, -0.25) is 0 Å². The van der Waals surface area contributed by atoms with Crippen LogP contribution in [-0.2, 0) is 19.4 Å². The number of hydrogen-bond donors (Lipinski definition) is 1. The van der Waals surface area contributed by atoms with Gasteiger partial charge in [0.25, 0.3) is 0 Å². The van der Waals surface area contributed by atoms with Crippen molar-refractivity contribution in [3.05, 3.63) is 89.0 Å². The summed E-state index contributed by atoms with van der Waals surface area (Å²) < 4.78 is 16.9. The Bertz CT molecular complexity index is 1100. The fourth-order valence-electron chi connectivity index (χ4n) is 5.07. The molecule has 0 fully saturated rings. The summed E-state index contributed by atoms with van der Waals surface area (Å²) in [5.41, 5.74) is 4.62. The van der Waals surface area contributed by atoms with E-state index in [1.54, 1.807) is 14.2 Å². The number of hydrogen-bond acceptors (Lipinski definition) is 5. The topological polar surface area (TPSA) is 51.2 Å². The van der Waals surface area contributed by atoms with Crippen LogP contribution in [0.25, 0.3) is 0 Å². The first-order chi connectivity index (χ1) is 17.6. The maximum absolute atomic E-state index is 11.0. The fraction of sp³-hybridized carbons (Fsp3) is 0.419. The predicted octanol–water partition coefficient (Wildman–Crippen LogP) is 5.83. The summed E-state index contributed by atoms with van der Waals surface area (Å²) in [7, 11) is 5.47. The minimum atomic E-state index is -0.447. The van der Waals surface area contributed by atoms with Gasteiger partial charge in [0.1, 0.15) is 12.4 Å². The number of fused-ring (bicyclic) bond motifs is 1. The molecule has 0 aromatic heterocycles. The molecule has 192 valence electrons. The number of nitrogens with zero attached hydrogens (tertiary/aromatic N) is 1. The van der Waals surface area contributed by atoms with Crippen LogP contribution in [0.3, 0.4) is 0 Å². The van der Waals surface area contributed by atoms with Crippen molar-refractivity contribution in [1.82, 2.24) is 4.90 Å². The maximum atomic E-state index is 11.0. The third-order valence-corrected chi connectivity index (χ3v) is 7.24. The van der Waals surface area contributed by atoms with Crippen molar-refractivity contribution in [2.24, 2.45) is 5.92 Å². The molecule has 4 rings (SSSR count). The Hall–Kier alpha value is -3.02. The first kappa shape index (κ1) is 26.1. The average Bonchev–Trinajstić information content (AvgIpc) is 2.92. The number of aliphatic hydroxyl groups excluding tert-OH is 1. The minimum Gasteiger partial charge on any atom is -0.493 e. The van der Waals surface area contributed by atoms with Crippen LogP contribution in [0, 0.1) is 5.92 Å². The maximum Gasteiger partial charge on any atom is 0.161 e. The molecule has 0 spiro atoms. The van der Waals surface area contributed by atoms with Gasteiger partial charge in [0.05, 0.1) is 20.3 Å². The highest BCUT2D eigenvalue weighted by atomic mass is 16.5. The Morgan fingerprint density at radius 1 is 0.889 bits per heavy atom. The van der Waals surface area contributed by atoms with Gasteiger partial charge >= 0.3 is 0 Å². The van der Waals surface area contributed by atoms with Crippen molar-refractivity contribution in [3.63, 3.8) is 0 Å². The molecule has 0 radical (unpaired) electrons. The van der Waals surface area contributed by atoms with E-state index in [9.17, 15) is 5.11 Å². The van der Waals surface area contributed by atoms with E-state index in [-0.39, 0.29) is 5.92 Å². The van der Waals surface area contributed by atoms with Crippen molar-refractivity contribution in [3.8, 4) is 17.2 Å². The summed E-state index contributed by atoms with van der Waals surface area (Å²) in [6.45, 7) is 2.60. The van der Waals surface area contributed by atoms with Gasteiger partial charge in [-0.25, -0.2) is 0 Å². The molecule has 0 heterocycles. The van der Waals surface area contributed by atoms with Gasteiger partial charge in [0, 0.05) is 6.54 Å². The molecule has 0 bridgehead atoms. The second kappa shape index (κ2) is 12.8. The Morgan fingerprint density at radius 3 is 2.42 bits per heavy atom. The zero-order chi connectivity index (χ0) is 25.3. The normalized spacial score (nSPS) is 17.0. The molecule has 1 aliphatic rings. The second-order valence-corrected chi connectivity index (χ2v) is 9.77. The summed E-state index contributed by atoms with van der Waals surface area (Å²) in [5.74, 6) is 2.62. The van der Waals surface area contributed by atoms with Crippen molar-refractivity contribution in [2.45, 2.75) is 44.8 Å². The van der Waals surface area contributed by atoms with Crippen molar-refractivity contribution in [1.29, 1.82) is 0 Å². The molecule has 5 nitrogen and oxygen atoms in total. The molecular weight excluding hydrogens is 450 g/mol. The first-order valence-electron chi connectivity index (χ1n) is 12.9. The minimum absolute atomic E-state index is 0.280. The molecule has 3 aromatic carbocycles. The van der Waals surface area contributed by atoms with Crippen LogP contribution in [0.5, 0.6) is 17.2 Å². The van der Waals surface area contributed by atoms with Crippen LogP contribution in [0.2, 0.25) is 0 Å². The number of methoxy groups -OCH3 is 2. The van der Waals surface area contributed by atoms with Gasteiger partial charge in [-0.2, -0.15) is 0 Å². The first-order valence-corrected chi connectivity index (χ1v) is 12.9. The zero-order valence-electron chi connectivity index (χ0n) is 21.8. The molecule has 0 aliphatic heterocycles. The zero-order valence-corrected chi connectivity index (χ0v) is 21.8. The molecule has 5 heteroatoms. The quantitative estimate of drug-likeness (QED) is 0.347. The number of aliphatic hydroxyl groups is 1. The van der Waals surface area contributed by atoms with Crippen LogP contribution < -0.4 is 14.2 Å². The summed E-state index contributed by atoms with van der Waals surface area (Å²) in [4.78, 5) is 2.38. The van der Waals surface area contributed by atoms with Gasteiger partial charge in [-0.05, 0) is 98.1 Å². The van der Waals surface area contributed by atoms with Gasteiger partial charge in [0.2, 0.25) is 0 Å². The molecule has 3 aromatic rings. The Morgan fingerprint density at radius 2 is 1.64 bits per heavy atom. The lowest BCUT2D eigenvalue weighted by molar-refractivity contribution is 0.0851. The van der Waals surface area contributed by atoms with Gasteiger partial charge in [-0.1, -0.05) is 42.5 Å². The molecule has 36 heavy (non-hydrogen) atoms. The highest BCUT2D eigenvalue weighted by molar-refractivity contribution is 5.49. The van der Waals surface area contributed by atoms with Crippen LogP contribution in [-0.4, -0.2) is 44.4 Å². The summed E-state index contributed by atoms with van der Waals surface area (Å²) in [6.07, 6.45) is 4.60. The lowest BCUT2D eigenvalue weighted by atomic mass is 9.79. The van der Waals surface area contributed by atoms with Crippen LogP contribution in [0.1, 0.15) is 47.6 Å². The summed E-state index contributed by atoms with van der Waals surface area (Å²) in [6, 6.07) is 22.6. The molecule has 1 aliphatic carbocycles. The van der Waals surface area contributed by atoms with E-state index in [1.165, 1.54) is 16.7 Å². The molecular formula is C31H39NO4. The summed E-state index contributed by atoms with van der Waals surface area (Å²) >= 11 is 0. The molecule has 2 atom stereocenters. The number of ether oxygens (including phenoxy) is 3. The number of rotatable bonds is 12. The molecule has 0 saturated carbocycles. The van der Waals surface area contributed by atoms with Gasteiger partial charge in [0.15, 0.2) is 11.5 Å². The van der Waals surface area contributed by atoms with Crippen molar-refractivity contribution < 1.29 is 19.3 Å². The SMILES string of the molecule is COc1cc2c(cc1OC)C(O)C(CCCN(C)CCc1cccc(OCc3ccccc3)c1)CC2. The molecule has 1 N–H and O–H groups in total. The van der Waals surface area contributed by atoms with Gasteiger partial charge < -0.3 is 24.2 Å². The number of likely N-dealkylation sites (N-methyl/N-ethyl adjacent to an activating group) is 1. The van der Waals surface area contributed by atoms with Crippen molar-refractivity contribution in [2.75, 3.05) is 34.4 Å². The van der Waals surface area contributed by atoms with E-state index in [2.05, 4.69) is 42.3 Å². The number of benzene rings is 3. The highest BCUT2D eigenvalue weighted by Crippen LogP contribution is 2.42. The van der Waals surface area contributed by atoms with E-state index in [4.69, 9.17) is 14.2 Å². The fourth-order valence-corrected chi connectivity index (χ4v) is 5.07. The van der Waals surface area contributed by atoms with Crippen LogP contribution in [0.4, 0.5) is 0 Å². The van der Waals surface area contributed by atoms with E-state index in [0.717, 1.165) is 62.3 Å². The van der Waals surface area contributed by atoms with E-state index in [1.807, 2.05) is 36.4 Å². The van der Waals surface area contributed by atoms with E-state index >= 15 is 0 Å². The second-order valence-electron chi connectivity index (χ2n) is 9.77.